The fourth-order valence-corrected chi connectivity index (χ4v) is 7.05. The number of likely N-dealkylation sites (tertiary alicyclic amines) is 1. The van der Waals surface area contributed by atoms with Gasteiger partial charge in [-0.15, -0.1) is 5.10 Å². The summed E-state index contributed by atoms with van der Waals surface area (Å²) in [4.78, 5) is 47.5. The molecule has 11 nitrogen and oxygen atoms in total. The van der Waals surface area contributed by atoms with Crippen LogP contribution in [0.2, 0.25) is 0 Å². The zero-order valence-electron chi connectivity index (χ0n) is 23.0. The van der Waals surface area contributed by atoms with Crippen molar-refractivity contribution < 1.29 is 24.2 Å². The van der Waals surface area contributed by atoms with E-state index in [0.717, 1.165) is 17.5 Å². The number of para-hydroxylation sites is 1. The van der Waals surface area contributed by atoms with Gasteiger partial charge in [-0.2, -0.15) is 0 Å². The first-order valence-corrected chi connectivity index (χ1v) is 14.2. The maximum atomic E-state index is 14.5. The van der Waals surface area contributed by atoms with Crippen LogP contribution in [-0.2, 0) is 25.8 Å². The highest BCUT2D eigenvalue weighted by atomic mass is 16.5. The van der Waals surface area contributed by atoms with Gasteiger partial charge in [0.05, 0.1) is 23.0 Å². The molecule has 4 aliphatic heterocycles. The van der Waals surface area contributed by atoms with Crippen molar-refractivity contribution in [3.8, 4) is 0 Å². The topological polar surface area (TPSA) is 121 Å². The van der Waals surface area contributed by atoms with Gasteiger partial charge in [0.25, 0.3) is 5.91 Å². The van der Waals surface area contributed by atoms with E-state index in [0.29, 0.717) is 38.9 Å². The van der Waals surface area contributed by atoms with E-state index in [2.05, 4.69) is 10.3 Å². The minimum absolute atomic E-state index is 0.0720. The zero-order chi connectivity index (χ0) is 28.1. The van der Waals surface area contributed by atoms with Gasteiger partial charge < -0.3 is 24.5 Å². The van der Waals surface area contributed by atoms with Crippen LogP contribution < -0.4 is 0 Å². The van der Waals surface area contributed by atoms with Gasteiger partial charge in [0, 0.05) is 33.3 Å². The number of carbonyl (C=O) groups excluding carboxylic acids is 3. The van der Waals surface area contributed by atoms with E-state index in [1.807, 2.05) is 55.5 Å². The summed E-state index contributed by atoms with van der Waals surface area (Å²) >= 11 is 0. The fourth-order valence-electron chi connectivity index (χ4n) is 7.05. The maximum absolute atomic E-state index is 14.5. The molecule has 3 amide bonds. The minimum atomic E-state index is -1.27. The molecule has 1 aromatic heterocycles. The predicted octanol–water partition coefficient (Wildman–Crippen LogP) is 1.34. The number of carbonyl (C=O) groups is 3. The Bertz CT molecular complexity index is 1390. The summed E-state index contributed by atoms with van der Waals surface area (Å²) in [5.41, 5.74) is -0.714. The predicted molar refractivity (Wildman–Crippen MR) is 145 cm³/mol. The van der Waals surface area contributed by atoms with Gasteiger partial charge in [-0.25, -0.2) is 4.68 Å². The summed E-state index contributed by atoms with van der Waals surface area (Å²) in [6, 6.07) is 6.65. The van der Waals surface area contributed by atoms with Crippen molar-refractivity contribution in [3.05, 3.63) is 48.6 Å². The van der Waals surface area contributed by atoms with Crippen LogP contribution in [0, 0.1) is 11.8 Å². The summed E-state index contributed by atoms with van der Waals surface area (Å²) in [6.07, 6.45) is 10.1. The second-order valence-corrected chi connectivity index (χ2v) is 11.2. The summed E-state index contributed by atoms with van der Waals surface area (Å²) in [6.45, 7) is 3.29. The highest BCUT2D eigenvalue weighted by Crippen LogP contribution is 2.58. The Labute approximate surface area is 233 Å². The van der Waals surface area contributed by atoms with Crippen LogP contribution >= 0.6 is 0 Å². The largest absolute Gasteiger partial charge is 0.396 e. The monoisotopic (exact) mass is 548 g/mol. The van der Waals surface area contributed by atoms with Crippen molar-refractivity contribution in [2.75, 3.05) is 33.3 Å². The molecule has 40 heavy (non-hydrogen) atoms. The zero-order valence-corrected chi connectivity index (χ0v) is 23.0. The molecule has 5 atom stereocenters. The van der Waals surface area contributed by atoms with Crippen LogP contribution in [0.15, 0.2) is 48.6 Å². The number of hydrogen-bond donors (Lipinski definition) is 1. The summed E-state index contributed by atoms with van der Waals surface area (Å²) < 4.78 is 8.63. The van der Waals surface area contributed by atoms with E-state index < -0.39 is 29.1 Å². The van der Waals surface area contributed by atoms with Crippen molar-refractivity contribution in [1.29, 1.82) is 0 Å². The van der Waals surface area contributed by atoms with Crippen molar-refractivity contribution in [1.82, 2.24) is 29.7 Å². The molecular formula is C29H36N6O5. The molecule has 1 aromatic carbocycles. The quantitative estimate of drug-likeness (QED) is 0.390. The number of ether oxygens (including phenoxy) is 1. The van der Waals surface area contributed by atoms with Crippen LogP contribution in [0.4, 0.5) is 0 Å². The van der Waals surface area contributed by atoms with Gasteiger partial charge in [0.15, 0.2) is 0 Å². The summed E-state index contributed by atoms with van der Waals surface area (Å²) in [5.74, 6) is -2.16. The van der Waals surface area contributed by atoms with Crippen LogP contribution in [0.5, 0.6) is 0 Å². The van der Waals surface area contributed by atoms with Gasteiger partial charge in [0.1, 0.15) is 23.8 Å². The number of aromatic nitrogens is 3. The van der Waals surface area contributed by atoms with Gasteiger partial charge in [-0.3, -0.25) is 14.4 Å². The van der Waals surface area contributed by atoms with E-state index >= 15 is 0 Å². The first-order valence-electron chi connectivity index (χ1n) is 14.2. The van der Waals surface area contributed by atoms with Crippen LogP contribution in [0.1, 0.15) is 32.6 Å². The molecule has 5 heterocycles. The molecule has 2 aromatic rings. The van der Waals surface area contributed by atoms with E-state index in [9.17, 15) is 19.5 Å². The molecule has 0 bridgehead atoms. The number of likely N-dealkylation sites (N-methyl/N-ethyl adjacent to an activating group) is 1. The van der Waals surface area contributed by atoms with Crippen LogP contribution in [-0.4, -0.2) is 103 Å². The van der Waals surface area contributed by atoms with Crippen LogP contribution in [0.25, 0.3) is 11.0 Å². The standard InChI is InChI=1S/C29H36N6O5/c1-3-28-13-9-15-32(2)25(37)22(28)23-26(38)34(17-7-4-8-18-36)24-27(39)33(16-10-14-29(23,24)40-28)19-35-21-12-6-5-11-20(21)30-31-35/h5-6,9-14,22-24,36H,3-4,7-8,15-19H2,1-2H3/t22-,23-,24?,28+,29-/m0/s1. The first kappa shape index (κ1) is 26.6. The average molecular weight is 549 g/mol. The number of rotatable bonds is 8. The normalized spacial score (nSPS) is 31.5. The van der Waals surface area contributed by atoms with E-state index in [1.54, 1.807) is 26.4 Å². The molecule has 4 aliphatic rings. The number of amides is 3. The Morgan fingerprint density at radius 1 is 1.00 bits per heavy atom. The Morgan fingerprint density at radius 2 is 1.80 bits per heavy atom. The van der Waals surface area contributed by atoms with Crippen molar-refractivity contribution >= 4 is 28.8 Å². The fraction of sp³-hybridized carbons (Fsp3) is 0.552. The molecule has 1 unspecified atom stereocenters. The van der Waals surface area contributed by atoms with Crippen molar-refractivity contribution in [2.24, 2.45) is 11.8 Å². The molecule has 0 saturated carbocycles. The highest BCUT2D eigenvalue weighted by Gasteiger charge is 2.75. The number of aliphatic hydroxyl groups is 1. The smallest absolute Gasteiger partial charge is 0.250 e. The molecule has 0 aliphatic carbocycles. The molecular weight excluding hydrogens is 512 g/mol. The Morgan fingerprint density at radius 3 is 2.60 bits per heavy atom. The molecule has 6 rings (SSSR count). The van der Waals surface area contributed by atoms with Gasteiger partial charge in [0.2, 0.25) is 11.8 Å². The first-order chi connectivity index (χ1) is 19.4. The number of fused-ring (bicyclic) bond motifs is 3. The molecule has 2 fully saturated rings. The summed E-state index contributed by atoms with van der Waals surface area (Å²) in [5, 5.41) is 17.8. The second kappa shape index (κ2) is 10.1. The Hall–Kier alpha value is -3.57. The molecule has 1 N–H and O–H groups in total. The molecule has 212 valence electrons. The number of hydrogen-bond acceptors (Lipinski definition) is 7. The number of aliphatic hydroxyl groups excluding tert-OH is 1. The highest BCUT2D eigenvalue weighted by molar-refractivity contribution is 6.00. The molecule has 0 radical (unpaired) electrons. The van der Waals surface area contributed by atoms with E-state index in [1.165, 1.54) is 0 Å². The SMILES string of the molecule is CC[C@@]12C=CCN(C)C(=O)[C@@H]1[C@H]1C(=O)N(CCCCCO)C3C(=O)N(Cn4nnc5ccccc54)CC=C[C@@]31O2. The van der Waals surface area contributed by atoms with Crippen molar-refractivity contribution in [3.63, 3.8) is 0 Å². The third-order valence-corrected chi connectivity index (χ3v) is 9.01. The lowest BCUT2D eigenvalue weighted by molar-refractivity contribution is -0.154. The summed E-state index contributed by atoms with van der Waals surface area (Å²) in [7, 11) is 1.74. The molecule has 2 saturated heterocycles. The lowest BCUT2D eigenvalue weighted by Gasteiger charge is -2.38. The average Bonchev–Trinajstić information content (AvgIpc) is 3.50. The maximum Gasteiger partial charge on any atom is 0.250 e. The molecule has 1 spiro atoms. The van der Waals surface area contributed by atoms with E-state index in [4.69, 9.17) is 4.74 Å². The number of benzene rings is 1. The minimum Gasteiger partial charge on any atom is -0.396 e. The number of nitrogens with zero attached hydrogens (tertiary/aromatic N) is 6. The van der Waals surface area contributed by atoms with E-state index in [-0.39, 0.29) is 31.0 Å². The van der Waals surface area contributed by atoms with Crippen LogP contribution in [0.3, 0.4) is 0 Å². The Kier molecular flexibility index (Phi) is 6.74. The third kappa shape index (κ3) is 3.89. The lowest BCUT2D eigenvalue weighted by atomic mass is 9.73. The lowest BCUT2D eigenvalue weighted by Crippen LogP contribution is -2.56. The van der Waals surface area contributed by atoms with Gasteiger partial charge in [-0.05, 0) is 37.8 Å². The third-order valence-electron chi connectivity index (χ3n) is 9.01. The second-order valence-electron chi connectivity index (χ2n) is 11.2. The van der Waals surface area contributed by atoms with Crippen molar-refractivity contribution in [2.45, 2.75) is 56.5 Å². The van der Waals surface area contributed by atoms with Gasteiger partial charge >= 0.3 is 0 Å². The number of unbranched alkanes of at least 4 members (excludes halogenated alkanes) is 2. The van der Waals surface area contributed by atoms with Gasteiger partial charge in [-0.1, -0.05) is 48.6 Å². The Balaban J connectivity index is 1.41. The molecule has 11 heteroatoms.